The number of likely N-dealkylation sites (tertiary alicyclic amines) is 1. The Morgan fingerprint density at radius 1 is 1.12 bits per heavy atom. The summed E-state index contributed by atoms with van der Waals surface area (Å²) in [6.45, 7) is 4.43. The average Bonchev–Trinajstić information content (AvgIpc) is 3.13. The van der Waals surface area contributed by atoms with Crippen LogP contribution in [0.1, 0.15) is 17.2 Å². The van der Waals surface area contributed by atoms with Gasteiger partial charge in [-0.25, -0.2) is 0 Å². The van der Waals surface area contributed by atoms with Gasteiger partial charge in [0.05, 0.1) is 25.2 Å². The van der Waals surface area contributed by atoms with Crippen molar-refractivity contribution in [2.45, 2.75) is 6.04 Å². The highest BCUT2D eigenvalue weighted by Gasteiger charge is 2.63. The van der Waals surface area contributed by atoms with Crippen molar-refractivity contribution in [2.24, 2.45) is 5.41 Å². The number of nitro benzene ring substituents is 1. The summed E-state index contributed by atoms with van der Waals surface area (Å²) in [5.74, 6) is -1.53. The molecule has 1 fully saturated rings. The molecule has 8 heteroatoms. The van der Waals surface area contributed by atoms with Gasteiger partial charge in [0.15, 0.2) is 0 Å². The van der Waals surface area contributed by atoms with E-state index in [0.717, 1.165) is 5.56 Å². The van der Waals surface area contributed by atoms with E-state index in [1.807, 2.05) is 35.2 Å². The van der Waals surface area contributed by atoms with Crippen molar-refractivity contribution in [1.82, 2.24) is 4.90 Å². The van der Waals surface area contributed by atoms with Crippen LogP contribution in [-0.2, 0) is 19.1 Å². The van der Waals surface area contributed by atoms with Gasteiger partial charge in [0.2, 0.25) is 5.41 Å². The van der Waals surface area contributed by atoms with Crippen molar-refractivity contribution >= 4 is 23.7 Å². The first-order valence-electron chi connectivity index (χ1n) is 9.92. The van der Waals surface area contributed by atoms with Crippen LogP contribution in [0.15, 0.2) is 72.8 Å². The molecule has 32 heavy (non-hydrogen) atoms. The average molecular weight is 436 g/mol. The second kappa shape index (κ2) is 9.57. The molecule has 8 nitrogen and oxygen atoms in total. The normalized spacial score (nSPS) is 18.8. The maximum absolute atomic E-state index is 13.3. The maximum Gasteiger partial charge on any atom is 0.329 e. The van der Waals surface area contributed by atoms with Gasteiger partial charge in [-0.2, -0.15) is 0 Å². The van der Waals surface area contributed by atoms with E-state index >= 15 is 0 Å². The Balaban J connectivity index is 2.29. The molecule has 0 radical (unpaired) electrons. The fourth-order valence-corrected chi connectivity index (χ4v) is 4.26. The topological polar surface area (TPSA) is 99.0 Å². The Morgan fingerprint density at radius 2 is 1.72 bits per heavy atom. The van der Waals surface area contributed by atoms with E-state index in [1.54, 1.807) is 24.3 Å². The summed E-state index contributed by atoms with van der Waals surface area (Å²) in [5.41, 5.74) is -0.0259. The van der Waals surface area contributed by atoms with Gasteiger partial charge in [0, 0.05) is 25.2 Å². The van der Waals surface area contributed by atoms with E-state index in [0.29, 0.717) is 17.7 Å². The van der Waals surface area contributed by atoms with E-state index in [-0.39, 0.29) is 12.2 Å². The zero-order chi connectivity index (χ0) is 23.3. The van der Waals surface area contributed by atoms with Crippen LogP contribution >= 0.6 is 0 Å². The lowest BCUT2D eigenvalue weighted by Gasteiger charge is -2.34. The molecule has 1 aliphatic heterocycles. The van der Waals surface area contributed by atoms with Crippen molar-refractivity contribution in [2.75, 3.05) is 27.3 Å². The zero-order valence-corrected chi connectivity index (χ0v) is 17.9. The molecule has 0 aliphatic carbocycles. The molecule has 166 valence electrons. The number of nitrogens with zero attached hydrogens (tertiary/aromatic N) is 2. The van der Waals surface area contributed by atoms with Crippen LogP contribution in [0.4, 0.5) is 5.69 Å². The molecule has 0 bridgehead atoms. The third-order valence-electron chi connectivity index (χ3n) is 5.59. The molecular weight excluding hydrogens is 412 g/mol. The second-order valence-corrected chi connectivity index (χ2v) is 7.34. The minimum Gasteiger partial charge on any atom is -0.468 e. The molecule has 0 amide bonds. The Hall–Kier alpha value is -3.78. The lowest BCUT2D eigenvalue weighted by molar-refractivity contribution is -0.384. The Bertz CT molecular complexity index is 1030. The number of methoxy groups -OCH3 is 2. The van der Waals surface area contributed by atoms with Crippen LogP contribution < -0.4 is 0 Å². The Morgan fingerprint density at radius 3 is 2.22 bits per heavy atom. The smallest absolute Gasteiger partial charge is 0.329 e. The van der Waals surface area contributed by atoms with Crippen molar-refractivity contribution < 1.29 is 24.0 Å². The van der Waals surface area contributed by atoms with Crippen LogP contribution in [0.3, 0.4) is 0 Å². The number of carbonyl (C=O) groups excluding carboxylic acids is 2. The molecule has 1 heterocycles. The monoisotopic (exact) mass is 436 g/mol. The second-order valence-electron chi connectivity index (χ2n) is 7.34. The van der Waals surface area contributed by atoms with Crippen molar-refractivity contribution in [3.63, 3.8) is 0 Å². The lowest BCUT2D eigenvalue weighted by atomic mass is 9.73. The van der Waals surface area contributed by atoms with E-state index in [1.165, 1.54) is 26.4 Å². The van der Waals surface area contributed by atoms with Gasteiger partial charge in [-0.15, -0.1) is 6.58 Å². The number of carbonyl (C=O) groups is 2. The number of rotatable bonds is 7. The molecule has 1 aliphatic rings. The Kier molecular flexibility index (Phi) is 6.85. The predicted molar refractivity (Wildman–Crippen MR) is 118 cm³/mol. The van der Waals surface area contributed by atoms with Gasteiger partial charge in [-0.05, 0) is 16.7 Å². The number of ether oxygens (including phenoxy) is 2. The highest BCUT2D eigenvalue weighted by molar-refractivity contribution is 6.06. The maximum atomic E-state index is 13.3. The summed E-state index contributed by atoms with van der Waals surface area (Å²) in [6.07, 6.45) is 3.46. The minimum atomic E-state index is -1.79. The van der Waals surface area contributed by atoms with E-state index in [9.17, 15) is 19.7 Å². The first-order valence-corrected chi connectivity index (χ1v) is 9.92. The molecular formula is C24H24N2O6. The largest absolute Gasteiger partial charge is 0.468 e. The molecule has 3 rings (SSSR count). The van der Waals surface area contributed by atoms with Crippen LogP contribution in [0.2, 0.25) is 0 Å². The van der Waals surface area contributed by atoms with Crippen LogP contribution in [0, 0.1) is 15.5 Å². The van der Waals surface area contributed by atoms with Crippen LogP contribution in [0.5, 0.6) is 0 Å². The summed E-state index contributed by atoms with van der Waals surface area (Å²) in [4.78, 5) is 39.2. The molecule has 0 aromatic heterocycles. The first kappa shape index (κ1) is 22.9. The fraction of sp³-hybridized carbons (Fsp3) is 0.250. The molecule has 2 aromatic rings. The summed E-state index contributed by atoms with van der Waals surface area (Å²) >= 11 is 0. The Labute approximate surface area is 185 Å². The fourth-order valence-electron chi connectivity index (χ4n) is 4.26. The lowest BCUT2D eigenvalue weighted by Crippen LogP contribution is -2.47. The van der Waals surface area contributed by atoms with Crippen molar-refractivity contribution in [3.05, 3.63) is 94.1 Å². The summed E-state index contributed by atoms with van der Waals surface area (Å²) in [7, 11) is 2.44. The number of nitro groups is 1. The predicted octanol–water partition coefficient (Wildman–Crippen LogP) is 3.55. The molecule has 2 aromatic carbocycles. The van der Waals surface area contributed by atoms with E-state index in [4.69, 9.17) is 9.47 Å². The van der Waals surface area contributed by atoms with Crippen molar-refractivity contribution in [1.29, 1.82) is 0 Å². The molecule has 1 atom stereocenters. The quantitative estimate of drug-likeness (QED) is 0.215. The summed E-state index contributed by atoms with van der Waals surface area (Å²) in [6, 6.07) is 14.3. The third kappa shape index (κ3) is 3.92. The number of non-ortho nitro benzene ring substituents is 1. The van der Waals surface area contributed by atoms with Gasteiger partial charge in [-0.1, -0.05) is 54.6 Å². The first-order chi connectivity index (χ1) is 15.4. The summed E-state index contributed by atoms with van der Waals surface area (Å²) < 4.78 is 10.3. The van der Waals surface area contributed by atoms with Crippen LogP contribution in [0.25, 0.3) is 6.08 Å². The van der Waals surface area contributed by atoms with Gasteiger partial charge >= 0.3 is 11.9 Å². The standard InChI is InChI=1S/C24H24N2O6/c1-4-14-25-16-19(15-17-8-6-5-7-9-17)24(22(27)31-2,23(28)32-3)21(25)18-10-12-20(13-11-18)26(29)30/h4-13,15,21H,1,14,16H2,2-3H3/b19-15+/t21-/m1/s1. The number of esters is 2. The zero-order valence-electron chi connectivity index (χ0n) is 17.9. The van der Waals surface area contributed by atoms with Gasteiger partial charge in [0.1, 0.15) is 0 Å². The van der Waals surface area contributed by atoms with Crippen LogP contribution in [-0.4, -0.2) is 49.1 Å². The number of benzene rings is 2. The van der Waals surface area contributed by atoms with Gasteiger partial charge < -0.3 is 9.47 Å². The molecule has 0 spiro atoms. The van der Waals surface area contributed by atoms with E-state index < -0.39 is 28.3 Å². The number of hydrogen-bond donors (Lipinski definition) is 0. The third-order valence-corrected chi connectivity index (χ3v) is 5.59. The highest BCUT2D eigenvalue weighted by atomic mass is 16.6. The van der Waals surface area contributed by atoms with Crippen molar-refractivity contribution in [3.8, 4) is 0 Å². The molecule has 0 N–H and O–H groups in total. The molecule has 0 saturated carbocycles. The van der Waals surface area contributed by atoms with Gasteiger partial charge in [-0.3, -0.25) is 24.6 Å². The highest BCUT2D eigenvalue weighted by Crippen LogP contribution is 2.52. The molecule has 0 unspecified atom stereocenters. The number of hydrogen-bond acceptors (Lipinski definition) is 7. The van der Waals surface area contributed by atoms with E-state index in [2.05, 4.69) is 6.58 Å². The summed E-state index contributed by atoms with van der Waals surface area (Å²) in [5, 5.41) is 11.1. The van der Waals surface area contributed by atoms with Gasteiger partial charge in [0.25, 0.3) is 5.69 Å². The minimum absolute atomic E-state index is 0.0937. The molecule has 1 saturated heterocycles. The SMILES string of the molecule is C=CCN1C/C(=C\c2ccccc2)C(C(=O)OC)(C(=O)OC)[C@H]1c1ccc([N+](=O)[O-])cc1.